The van der Waals surface area contributed by atoms with Gasteiger partial charge in [-0.1, -0.05) is 12.1 Å². The molecule has 32 heavy (non-hydrogen) atoms. The summed E-state index contributed by atoms with van der Waals surface area (Å²) in [5.74, 6) is 1.21. The van der Waals surface area contributed by atoms with Crippen LogP contribution in [0.3, 0.4) is 0 Å². The molecular weight excluding hydrogens is 423 g/mol. The average Bonchev–Trinajstić information content (AvgIpc) is 2.78. The minimum absolute atomic E-state index is 0.122. The molecule has 0 fully saturated rings. The lowest BCUT2D eigenvalue weighted by Gasteiger charge is -2.15. The van der Waals surface area contributed by atoms with Crippen molar-refractivity contribution in [1.82, 2.24) is 0 Å². The van der Waals surface area contributed by atoms with Crippen LogP contribution >= 0.6 is 0 Å². The summed E-state index contributed by atoms with van der Waals surface area (Å²) in [5.41, 5.74) is 0.417. The zero-order chi connectivity index (χ0) is 23.1. The van der Waals surface area contributed by atoms with Crippen molar-refractivity contribution < 1.29 is 32.2 Å². The molecule has 0 saturated heterocycles. The lowest BCUT2D eigenvalue weighted by molar-refractivity contribution is -0.137. The molecular formula is C24H22F3NO4. The first-order valence-electron chi connectivity index (χ1n) is 9.82. The Morgan fingerprint density at radius 2 is 1.59 bits per heavy atom. The van der Waals surface area contributed by atoms with E-state index < -0.39 is 17.6 Å². The Labute approximate surface area is 183 Å². The van der Waals surface area contributed by atoms with Crippen LogP contribution in [0, 0.1) is 0 Å². The first-order chi connectivity index (χ1) is 15.3. The van der Waals surface area contributed by atoms with Gasteiger partial charge in [0, 0.05) is 16.8 Å². The van der Waals surface area contributed by atoms with Gasteiger partial charge in [-0.15, -0.1) is 0 Å². The predicted molar refractivity (Wildman–Crippen MR) is 114 cm³/mol. The fourth-order valence-electron chi connectivity index (χ4n) is 2.97. The Morgan fingerprint density at radius 3 is 2.22 bits per heavy atom. The van der Waals surface area contributed by atoms with Crippen LogP contribution in [0.4, 0.5) is 18.9 Å². The molecule has 8 heteroatoms. The molecule has 3 aromatic carbocycles. The molecule has 168 valence electrons. The van der Waals surface area contributed by atoms with Crippen molar-refractivity contribution in [3.63, 3.8) is 0 Å². The Bertz CT molecular complexity index is 1070. The van der Waals surface area contributed by atoms with Gasteiger partial charge in [0.15, 0.2) is 11.5 Å². The second kappa shape index (κ2) is 10.1. The zero-order valence-electron chi connectivity index (χ0n) is 17.5. The van der Waals surface area contributed by atoms with Crippen molar-refractivity contribution in [2.45, 2.75) is 19.7 Å². The number of ether oxygens (including phenoxy) is 3. The van der Waals surface area contributed by atoms with Gasteiger partial charge in [0.25, 0.3) is 5.91 Å². The Kier molecular flexibility index (Phi) is 7.25. The molecule has 5 nitrogen and oxygen atoms in total. The number of carbonyl (C=O) groups excluding carboxylic acids is 1. The van der Waals surface area contributed by atoms with Crippen LogP contribution in [-0.4, -0.2) is 19.6 Å². The average molecular weight is 445 g/mol. The Morgan fingerprint density at radius 1 is 0.906 bits per heavy atom. The molecule has 0 aliphatic heterocycles. The van der Waals surface area contributed by atoms with Gasteiger partial charge in [-0.25, -0.2) is 0 Å². The Balaban J connectivity index is 1.77. The van der Waals surface area contributed by atoms with E-state index in [2.05, 4.69) is 5.32 Å². The van der Waals surface area contributed by atoms with Crippen molar-refractivity contribution >= 4 is 11.6 Å². The number of benzene rings is 3. The van der Waals surface area contributed by atoms with Crippen LogP contribution in [0.5, 0.6) is 17.2 Å². The first kappa shape index (κ1) is 23.0. The fourth-order valence-corrected chi connectivity index (χ4v) is 2.97. The summed E-state index contributed by atoms with van der Waals surface area (Å²) in [6.07, 6.45) is -4.44. The normalized spacial score (nSPS) is 11.0. The van der Waals surface area contributed by atoms with E-state index >= 15 is 0 Å². The van der Waals surface area contributed by atoms with E-state index in [0.29, 0.717) is 35.0 Å². The lowest BCUT2D eigenvalue weighted by atomic mass is 10.1. The first-order valence-corrected chi connectivity index (χ1v) is 9.82. The molecule has 0 unspecified atom stereocenters. The number of rotatable bonds is 8. The summed E-state index contributed by atoms with van der Waals surface area (Å²) in [5, 5.41) is 2.60. The van der Waals surface area contributed by atoms with Gasteiger partial charge in [0.2, 0.25) is 0 Å². The van der Waals surface area contributed by atoms with E-state index in [-0.39, 0.29) is 12.3 Å². The van der Waals surface area contributed by atoms with Crippen LogP contribution in [0.1, 0.15) is 28.4 Å². The second-order valence-electron chi connectivity index (χ2n) is 6.72. The van der Waals surface area contributed by atoms with Crippen LogP contribution in [0.25, 0.3) is 0 Å². The summed E-state index contributed by atoms with van der Waals surface area (Å²) < 4.78 is 54.9. The molecule has 0 bridgehead atoms. The van der Waals surface area contributed by atoms with Gasteiger partial charge < -0.3 is 19.5 Å². The SMILES string of the molecule is CCOc1ccc(C(=O)Nc2ccc(C(F)(F)F)cc2)cc1COc1ccccc1OC. The third kappa shape index (κ3) is 5.72. The van der Waals surface area contributed by atoms with Gasteiger partial charge in [-0.2, -0.15) is 13.2 Å². The molecule has 1 amide bonds. The molecule has 0 radical (unpaired) electrons. The van der Waals surface area contributed by atoms with Gasteiger partial charge in [-0.3, -0.25) is 4.79 Å². The van der Waals surface area contributed by atoms with E-state index in [4.69, 9.17) is 14.2 Å². The molecule has 0 spiro atoms. The number of carbonyl (C=O) groups is 1. The van der Waals surface area contributed by atoms with Crippen LogP contribution in [0.2, 0.25) is 0 Å². The maximum atomic E-state index is 12.7. The second-order valence-corrected chi connectivity index (χ2v) is 6.72. The highest BCUT2D eigenvalue weighted by Crippen LogP contribution is 2.31. The molecule has 0 atom stereocenters. The molecule has 0 heterocycles. The number of alkyl halides is 3. The third-order valence-corrected chi connectivity index (χ3v) is 4.54. The number of halogens is 3. The quantitative estimate of drug-likeness (QED) is 0.466. The molecule has 1 N–H and O–H groups in total. The highest BCUT2D eigenvalue weighted by atomic mass is 19.4. The molecule has 0 aliphatic carbocycles. The van der Waals surface area contributed by atoms with Gasteiger partial charge >= 0.3 is 6.18 Å². The van der Waals surface area contributed by atoms with Gasteiger partial charge in [0.1, 0.15) is 12.4 Å². The topological polar surface area (TPSA) is 56.8 Å². The van der Waals surface area contributed by atoms with Gasteiger partial charge in [0.05, 0.1) is 19.3 Å². The van der Waals surface area contributed by atoms with E-state index in [1.54, 1.807) is 37.4 Å². The van der Waals surface area contributed by atoms with Crippen molar-refractivity contribution in [3.05, 3.63) is 83.4 Å². The summed E-state index contributed by atoms with van der Waals surface area (Å²) >= 11 is 0. The maximum absolute atomic E-state index is 12.7. The third-order valence-electron chi connectivity index (χ3n) is 4.54. The molecule has 0 saturated carbocycles. The minimum atomic E-state index is -4.44. The van der Waals surface area contributed by atoms with E-state index in [0.717, 1.165) is 12.1 Å². The van der Waals surface area contributed by atoms with Crippen molar-refractivity contribution in [2.24, 2.45) is 0 Å². The van der Waals surface area contributed by atoms with Crippen molar-refractivity contribution in [2.75, 3.05) is 19.0 Å². The highest BCUT2D eigenvalue weighted by Gasteiger charge is 2.30. The molecule has 3 aromatic rings. The predicted octanol–water partition coefficient (Wildman–Crippen LogP) is 5.94. The summed E-state index contributed by atoms with van der Waals surface area (Å²) in [6, 6.07) is 16.3. The van der Waals surface area contributed by atoms with Crippen molar-refractivity contribution in [1.29, 1.82) is 0 Å². The van der Waals surface area contributed by atoms with E-state index in [9.17, 15) is 18.0 Å². The molecule has 0 aliphatic rings. The number of hydrogen-bond acceptors (Lipinski definition) is 4. The van der Waals surface area contributed by atoms with Crippen LogP contribution in [0.15, 0.2) is 66.7 Å². The van der Waals surface area contributed by atoms with E-state index in [1.807, 2.05) is 19.1 Å². The maximum Gasteiger partial charge on any atom is 0.416 e. The summed E-state index contributed by atoms with van der Waals surface area (Å²) in [7, 11) is 1.54. The highest BCUT2D eigenvalue weighted by molar-refractivity contribution is 6.04. The minimum Gasteiger partial charge on any atom is -0.493 e. The number of methoxy groups -OCH3 is 1. The van der Waals surface area contributed by atoms with Crippen molar-refractivity contribution in [3.8, 4) is 17.2 Å². The van der Waals surface area contributed by atoms with Crippen LogP contribution < -0.4 is 19.5 Å². The number of anilines is 1. The number of amides is 1. The largest absolute Gasteiger partial charge is 0.493 e. The number of para-hydroxylation sites is 2. The number of nitrogens with one attached hydrogen (secondary N) is 1. The molecule has 0 aromatic heterocycles. The smallest absolute Gasteiger partial charge is 0.416 e. The standard InChI is InChI=1S/C24H22F3NO4/c1-3-31-20-13-8-16(14-17(20)15-32-22-7-5-4-6-21(22)30-2)23(29)28-19-11-9-18(10-12-19)24(25,26)27/h4-14H,3,15H2,1-2H3,(H,28,29). The van der Waals surface area contributed by atoms with Crippen LogP contribution in [-0.2, 0) is 12.8 Å². The summed E-state index contributed by atoms with van der Waals surface area (Å²) in [4.78, 5) is 12.7. The Hall–Kier alpha value is -3.68. The monoisotopic (exact) mass is 445 g/mol. The summed E-state index contributed by atoms with van der Waals surface area (Å²) in [6.45, 7) is 2.39. The van der Waals surface area contributed by atoms with Gasteiger partial charge in [-0.05, 0) is 61.5 Å². The van der Waals surface area contributed by atoms with E-state index in [1.165, 1.54) is 12.1 Å². The zero-order valence-corrected chi connectivity index (χ0v) is 17.5. The number of hydrogen-bond donors (Lipinski definition) is 1. The fraction of sp³-hybridized carbons (Fsp3) is 0.208. The lowest BCUT2D eigenvalue weighted by Crippen LogP contribution is -2.13. The molecule has 3 rings (SSSR count).